The van der Waals surface area contributed by atoms with Gasteiger partial charge in [-0.25, -0.2) is 4.98 Å². The molecule has 0 unspecified atom stereocenters. The van der Waals surface area contributed by atoms with Crippen LogP contribution in [0, 0.1) is 6.92 Å². The van der Waals surface area contributed by atoms with E-state index in [0.717, 1.165) is 31.1 Å². The Morgan fingerprint density at radius 1 is 1.26 bits per heavy atom. The van der Waals surface area contributed by atoms with Crippen molar-refractivity contribution in [2.75, 3.05) is 23.3 Å². The molecule has 3 nitrogen and oxygen atoms in total. The van der Waals surface area contributed by atoms with Crippen LogP contribution in [0.2, 0.25) is 0 Å². The minimum atomic E-state index is 0.883. The van der Waals surface area contributed by atoms with Gasteiger partial charge in [-0.15, -0.1) is 11.3 Å². The zero-order chi connectivity index (χ0) is 13.1. The lowest BCUT2D eigenvalue weighted by molar-refractivity contribution is 0.937. The lowest BCUT2D eigenvalue weighted by Gasteiger charge is -2.16. The normalized spacial score (nSPS) is 14.9. The first kappa shape index (κ1) is 12.5. The maximum atomic E-state index is 4.55. The van der Waals surface area contributed by atoms with Crippen LogP contribution >= 0.6 is 11.3 Å². The fourth-order valence-corrected chi connectivity index (χ4v) is 3.24. The molecule has 1 fully saturated rings. The molecule has 0 spiro atoms. The van der Waals surface area contributed by atoms with Crippen molar-refractivity contribution in [1.29, 1.82) is 0 Å². The van der Waals surface area contributed by atoms with Gasteiger partial charge in [0.15, 0.2) is 0 Å². The Balaban J connectivity index is 1.61. The van der Waals surface area contributed by atoms with Crippen LogP contribution < -0.4 is 10.2 Å². The standard InChI is InChI=1S/C15H19N3S/c1-12-6-9-19-14(12)11-16-13-4-5-15(17-10-13)18-7-2-3-8-18/h4-6,9-10,16H,2-3,7-8,11H2,1H3. The Hall–Kier alpha value is -1.55. The zero-order valence-electron chi connectivity index (χ0n) is 11.2. The minimum absolute atomic E-state index is 0.883. The van der Waals surface area contributed by atoms with Gasteiger partial charge in [0, 0.05) is 24.5 Å². The van der Waals surface area contributed by atoms with Crippen LogP contribution in [-0.4, -0.2) is 18.1 Å². The molecule has 0 saturated carbocycles. The number of aromatic nitrogens is 1. The maximum absolute atomic E-state index is 4.55. The number of rotatable bonds is 4. The second kappa shape index (κ2) is 5.61. The summed E-state index contributed by atoms with van der Waals surface area (Å²) < 4.78 is 0. The van der Waals surface area contributed by atoms with Crippen molar-refractivity contribution in [3.05, 3.63) is 40.2 Å². The Morgan fingerprint density at radius 2 is 2.11 bits per heavy atom. The first-order valence-electron chi connectivity index (χ1n) is 6.81. The van der Waals surface area contributed by atoms with Gasteiger partial charge in [-0.05, 0) is 48.9 Å². The molecular weight excluding hydrogens is 254 g/mol. The van der Waals surface area contributed by atoms with Gasteiger partial charge in [0.1, 0.15) is 5.82 Å². The number of nitrogens with one attached hydrogen (secondary N) is 1. The molecule has 0 aliphatic carbocycles. The quantitative estimate of drug-likeness (QED) is 0.921. The van der Waals surface area contributed by atoms with E-state index in [9.17, 15) is 0 Å². The van der Waals surface area contributed by atoms with Crippen molar-refractivity contribution in [1.82, 2.24) is 4.98 Å². The van der Waals surface area contributed by atoms with E-state index < -0.39 is 0 Å². The predicted molar refractivity (Wildman–Crippen MR) is 82.1 cm³/mol. The molecule has 1 saturated heterocycles. The van der Waals surface area contributed by atoms with E-state index in [1.807, 2.05) is 6.20 Å². The smallest absolute Gasteiger partial charge is 0.128 e. The van der Waals surface area contributed by atoms with Crippen LogP contribution in [-0.2, 0) is 6.54 Å². The average Bonchev–Trinajstić information content (AvgIpc) is 3.09. The molecule has 1 aliphatic rings. The van der Waals surface area contributed by atoms with E-state index in [0.29, 0.717) is 0 Å². The summed E-state index contributed by atoms with van der Waals surface area (Å²) in [6.45, 7) is 5.33. The molecule has 3 rings (SSSR count). The summed E-state index contributed by atoms with van der Waals surface area (Å²) in [5.41, 5.74) is 2.45. The highest BCUT2D eigenvalue weighted by Gasteiger charge is 2.12. The largest absolute Gasteiger partial charge is 0.379 e. The van der Waals surface area contributed by atoms with Crippen LogP contribution in [0.4, 0.5) is 11.5 Å². The van der Waals surface area contributed by atoms with E-state index in [-0.39, 0.29) is 0 Å². The van der Waals surface area contributed by atoms with Crippen LogP contribution in [0.1, 0.15) is 23.3 Å². The fraction of sp³-hybridized carbons (Fsp3) is 0.400. The van der Waals surface area contributed by atoms with Gasteiger partial charge in [-0.3, -0.25) is 0 Å². The van der Waals surface area contributed by atoms with Gasteiger partial charge in [-0.2, -0.15) is 0 Å². The van der Waals surface area contributed by atoms with Crippen molar-refractivity contribution < 1.29 is 0 Å². The van der Waals surface area contributed by atoms with E-state index >= 15 is 0 Å². The van der Waals surface area contributed by atoms with Crippen LogP contribution in [0.3, 0.4) is 0 Å². The molecule has 0 radical (unpaired) electrons. The second-order valence-electron chi connectivity index (χ2n) is 4.98. The molecule has 0 aromatic carbocycles. The van der Waals surface area contributed by atoms with Crippen molar-refractivity contribution in [2.45, 2.75) is 26.3 Å². The van der Waals surface area contributed by atoms with Gasteiger partial charge in [-0.1, -0.05) is 0 Å². The predicted octanol–water partition coefficient (Wildman–Crippen LogP) is 3.66. The number of pyridine rings is 1. The van der Waals surface area contributed by atoms with E-state index in [4.69, 9.17) is 0 Å². The van der Waals surface area contributed by atoms with E-state index in [1.165, 1.54) is 23.3 Å². The molecular formula is C15H19N3S. The monoisotopic (exact) mass is 273 g/mol. The Labute approximate surface area is 118 Å². The highest BCUT2D eigenvalue weighted by Crippen LogP contribution is 2.20. The summed E-state index contributed by atoms with van der Waals surface area (Å²) in [4.78, 5) is 8.30. The van der Waals surface area contributed by atoms with Gasteiger partial charge in [0.05, 0.1) is 11.9 Å². The Morgan fingerprint density at radius 3 is 2.74 bits per heavy atom. The third kappa shape index (κ3) is 2.89. The maximum Gasteiger partial charge on any atom is 0.128 e. The number of hydrogen-bond donors (Lipinski definition) is 1. The molecule has 1 N–H and O–H groups in total. The minimum Gasteiger partial charge on any atom is -0.379 e. The van der Waals surface area contributed by atoms with Gasteiger partial charge in [0.25, 0.3) is 0 Å². The van der Waals surface area contributed by atoms with Crippen molar-refractivity contribution in [3.8, 4) is 0 Å². The number of nitrogens with zero attached hydrogens (tertiary/aromatic N) is 2. The van der Waals surface area contributed by atoms with Crippen LogP contribution in [0.5, 0.6) is 0 Å². The summed E-state index contributed by atoms with van der Waals surface area (Å²) in [7, 11) is 0. The molecule has 1 aliphatic heterocycles. The van der Waals surface area contributed by atoms with Gasteiger partial charge >= 0.3 is 0 Å². The lowest BCUT2D eigenvalue weighted by Crippen LogP contribution is -2.18. The van der Waals surface area contributed by atoms with Crippen molar-refractivity contribution in [2.24, 2.45) is 0 Å². The molecule has 100 valence electrons. The summed E-state index contributed by atoms with van der Waals surface area (Å²) in [5, 5.41) is 5.58. The molecule has 0 atom stereocenters. The van der Waals surface area contributed by atoms with Crippen molar-refractivity contribution in [3.63, 3.8) is 0 Å². The van der Waals surface area contributed by atoms with Crippen molar-refractivity contribution >= 4 is 22.8 Å². The SMILES string of the molecule is Cc1ccsc1CNc1ccc(N2CCCC2)nc1. The topological polar surface area (TPSA) is 28.2 Å². The first-order chi connectivity index (χ1) is 9.33. The third-order valence-electron chi connectivity index (χ3n) is 3.60. The Bertz CT molecular complexity index is 527. The zero-order valence-corrected chi connectivity index (χ0v) is 12.0. The highest BCUT2D eigenvalue weighted by molar-refractivity contribution is 7.10. The number of hydrogen-bond acceptors (Lipinski definition) is 4. The average molecular weight is 273 g/mol. The second-order valence-corrected chi connectivity index (χ2v) is 5.98. The molecule has 0 amide bonds. The lowest BCUT2D eigenvalue weighted by atomic mass is 10.3. The Kier molecular flexibility index (Phi) is 3.69. The molecule has 2 aromatic heterocycles. The van der Waals surface area contributed by atoms with Gasteiger partial charge < -0.3 is 10.2 Å². The summed E-state index contributed by atoms with van der Waals surface area (Å²) in [6, 6.07) is 6.41. The highest BCUT2D eigenvalue weighted by atomic mass is 32.1. The summed E-state index contributed by atoms with van der Waals surface area (Å²) in [6.07, 6.45) is 4.52. The fourth-order valence-electron chi connectivity index (χ4n) is 2.39. The van der Waals surface area contributed by atoms with E-state index in [1.54, 1.807) is 11.3 Å². The number of aryl methyl sites for hydroxylation is 1. The van der Waals surface area contributed by atoms with E-state index in [2.05, 4.69) is 45.7 Å². The van der Waals surface area contributed by atoms with Crippen LogP contribution in [0.25, 0.3) is 0 Å². The molecule has 4 heteroatoms. The van der Waals surface area contributed by atoms with Gasteiger partial charge in [0.2, 0.25) is 0 Å². The number of thiophene rings is 1. The summed E-state index contributed by atoms with van der Waals surface area (Å²) in [5.74, 6) is 1.11. The molecule has 19 heavy (non-hydrogen) atoms. The molecule has 3 heterocycles. The summed E-state index contributed by atoms with van der Waals surface area (Å²) >= 11 is 1.80. The molecule has 2 aromatic rings. The molecule has 0 bridgehead atoms. The number of anilines is 2. The third-order valence-corrected chi connectivity index (χ3v) is 4.62. The first-order valence-corrected chi connectivity index (χ1v) is 7.69. The van der Waals surface area contributed by atoms with Crippen LogP contribution in [0.15, 0.2) is 29.8 Å².